The first kappa shape index (κ1) is 11.0. The third kappa shape index (κ3) is 2.99. The lowest BCUT2D eigenvalue weighted by molar-refractivity contribution is 0.474. The summed E-state index contributed by atoms with van der Waals surface area (Å²) < 4.78 is 0. The largest absolute Gasteiger partial charge is 0.508 e. The molecule has 0 radical (unpaired) electrons. The van der Waals surface area contributed by atoms with Gasteiger partial charge in [0.15, 0.2) is 0 Å². The Labute approximate surface area is 100.0 Å². The predicted octanol–water partition coefficient (Wildman–Crippen LogP) is 2.88. The molecule has 0 bridgehead atoms. The third-order valence-corrected chi connectivity index (χ3v) is 2.42. The van der Waals surface area contributed by atoms with Crippen molar-refractivity contribution in [3.63, 3.8) is 0 Å². The predicted molar refractivity (Wildman–Crippen MR) is 66.6 cm³/mol. The lowest BCUT2D eigenvalue weighted by atomic mass is 10.2. The van der Waals surface area contributed by atoms with Gasteiger partial charge in [-0.05, 0) is 42.0 Å². The van der Waals surface area contributed by atoms with Crippen LogP contribution in [0.25, 0.3) is 0 Å². The highest BCUT2D eigenvalue weighted by atomic mass is 16.3. The van der Waals surface area contributed by atoms with Gasteiger partial charge in [0.25, 0.3) is 0 Å². The first-order valence-electron chi connectivity index (χ1n) is 5.30. The molecule has 0 aliphatic rings. The van der Waals surface area contributed by atoms with Crippen molar-refractivity contribution in [1.29, 1.82) is 5.26 Å². The summed E-state index contributed by atoms with van der Waals surface area (Å²) in [5, 5.41) is 21.2. The highest BCUT2D eigenvalue weighted by Crippen LogP contribution is 2.14. The number of phenolic OH excluding ortho intramolecular Hbond substituents is 1. The molecule has 0 aromatic heterocycles. The molecule has 0 spiro atoms. The van der Waals surface area contributed by atoms with Crippen molar-refractivity contribution in [1.82, 2.24) is 0 Å². The summed E-state index contributed by atoms with van der Waals surface area (Å²) in [6.45, 7) is 0.639. The first-order valence-corrected chi connectivity index (χ1v) is 5.30. The zero-order valence-electron chi connectivity index (χ0n) is 9.22. The molecule has 0 atom stereocenters. The van der Waals surface area contributed by atoms with Gasteiger partial charge in [-0.1, -0.05) is 12.1 Å². The maximum atomic E-state index is 9.31. The molecule has 2 N–H and O–H groups in total. The Balaban J connectivity index is 2.00. The number of nitrogens with one attached hydrogen (secondary N) is 1. The van der Waals surface area contributed by atoms with E-state index >= 15 is 0 Å². The Morgan fingerprint density at radius 1 is 1.12 bits per heavy atom. The summed E-state index contributed by atoms with van der Waals surface area (Å²) in [5.41, 5.74) is 2.61. The summed E-state index contributed by atoms with van der Waals surface area (Å²) in [6.07, 6.45) is 0. The fourth-order valence-corrected chi connectivity index (χ4v) is 1.53. The van der Waals surface area contributed by atoms with E-state index in [9.17, 15) is 5.11 Å². The van der Waals surface area contributed by atoms with Crippen molar-refractivity contribution >= 4 is 5.69 Å². The third-order valence-electron chi connectivity index (χ3n) is 2.42. The normalized spacial score (nSPS) is 9.59. The van der Waals surface area contributed by atoms with E-state index in [1.807, 2.05) is 24.3 Å². The molecule has 2 rings (SSSR count). The van der Waals surface area contributed by atoms with Crippen molar-refractivity contribution in [3.05, 3.63) is 59.7 Å². The van der Waals surface area contributed by atoms with E-state index in [1.165, 1.54) is 0 Å². The summed E-state index contributed by atoms with van der Waals surface area (Å²) in [4.78, 5) is 0. The number of nitriles is 1. The molecule has 0 fully saturated rings. The highest BCUT2D eigenvalue weighted by molar-refractivity contribution is 5.47. The van der Waals surface area contributed by atoms with Crippen molar-refractivity contribution in [2.75, 3.05) is 5.32 Å². The van der Waals surface area contributed by atoms with Crippen molar-refractivity contribution in [2.45, 2.75) is 6.54 Å². The molecule has 2 aromatic rings. The number of hydrogen-bond donors (Lipinski definition) is 2. The second-order valence-corrected chi connectivity index (χ2v) is 3.71. The van der Waals surface area contributed by atoms with Gasteiger partial charge in [-0.2, -0.15) is 5.26 Å². The van der Waals surface area contributed by atoms with Crippen LogP contribution in [0.3, 0.4) is 0 Å². The zero-order valence-corrected chi connectivity index (χ0v) is 9.22. The molecule has 0 unspecified atom stereocenters. The molecule has 0 aliphatic carbocycles. The minimum absolute atomic E-state index is 0.268. The SMILES string of the molecule is N#Cc1ccc(NCc2cccc(O)c2)cc1. The Kier molecular flexibility index (Phi) is 3.27. The van der Waals surface area contributed by atoms with Crippen LogP contribution < -0.4 is 5.32 Å². The molecule has 0 saturated carbocycles. The Bertz CT molecular complexity index is 541. The molecule has 0 heterocycles. The molecule has 0 saturated heterocycles. The van der Waals surface area contributed by atoms with Gasteiger partial charge >= 0.3 is 0 Å². The van der Waals surface area contributed by atoms with Crippen LogP contribution >= 0.6 is 0 Å². The van der Waals surface area contributed by atoms with Gasteiger partial charge in [0.05, 0.1) is 11.6 Å². The molecular weight excluding hydrogens is 212 g/mol. The summed E-state index contributed by atoms with van der Waals surface area (Å²) in [7, 11) is 0. The number of benzene rings is 2. The number of aromatic hydroxyl groups is 1. The fourth-order valence-electron chi connectivity index (χ4n) is 1.53. The quantitative estimate of drug-likeness (QED) is 0.842. The Morgan fingerprint density at radius 3 is 2.53 bits per heavy atom. The lowest BCUT2D eigenvalue weighted by Crippen LogP contribution is -1.98. The standard InChI is InChI=1S/C14H12N2O/c15-9-11-4-6-13(7-5-11)16-10-12-2-1-3-14(17)8-12/h1-8,16-17H,10H2. The van der Waals surface area contributed by atoms with E-state index in [0.29, 0.717) is 12.1 Å². The number of rotatable bonds is 3. The molecule has 0 aliphatic heterocycles. The second kappa shape index (κ2) is 5.04. The lowest BCUT2D eigenvalue weighted by Gasteiger charge is -2.06. The first-order chi connectivity index (χ1) is 8.28. The minimum Gasteiger partial charge on any atom is -0.508 e. The van der Waals surface area contributed by atoms with Gasteiger partial charge in [-0.25, -0.2) is 0 Å². The second-order valence-electron chi connectivity index (χ2n) is 3.71. The molecule has 84 valence electrons. The number of nitrogens with zero attached hydrogens (tertiary/aromatic N) is 1. The van der Waals surface area contributed by atoms with E-state index in [-0.39, 0.29) is 5.75 Å². The topological polar surface area (TPSA) is 56.0 Å². The van der Waals surface area contributed by atoms with Gasteiger partial charge in [0.2, 0.25) is 0 Å². The van der Waals surface area contributed by atoms with Gasteiger partial charge in [0, 0.05) is 12.2 Å². The number of anilines is 1. The maximum absolute atomic E-state index is 9.31. The van der Waals surface area contributed by atoms with Gasteiger partial charge in [-0.15, -0.1) is 0 Å². The molecule has 17 heavy (non-hydrogen) atoms. The zero-order chi connectivity index (χ0) is 12.1. The summed E-state index contributed by atoms with van der Waals surface area (Å²) >= 11 is 0. The molecule has 0 amide bonds. The molecule has 3 nitrogen and oxygen atoms in total. The average Bonchev–Trinajstić information content (AvgIpc) is 2.37. The van der Waals surface area contributed by atoms with Crippen molar-refractivity contribution in [2.24, 2.45) is 0 Å². The summed E-state index contributed by atoms with van der Waals surface area (Å²) in [5.74, 6) is 0.268. The van der Waals surface area contributed by atoms with E-state index in [0.717, 1.165) is 11.3 Å². The average molecular weight is 224 g/mol. The van der Waals surface area contributed by atoms with Gasteiger partial charge in [-0.3, -0.25) is 0 Å². The van der Waals surface area contributed by atoms with E-state index in [2.05, 4.69) is 11.4 Å². The number of phenols is 1. The van der Waals surface area contributed by atoms with Gasteiger partial charge in [0.1, 0.15) is 5.75 Å². The van der Waals surface area contributed by atoms with Crippen LogP contribution in [0.2, 0.25) is 0 Å². The molecular formula is C14H12N2O. The monoisotopic (exact) mass is 224 g/mol. The fraction of sp³-hybridized carbons (Fsp3) is 0.0714. The van der Waals surface area contributed by atoms with Crippen LogP contribution in [0, 0.1) is 11.3 Å². The van der Waals surface area contributed by atoms with Crippen LogP contribution in [-0.4, -0.2) is 5.11 Å². The van der Waals surface area contributed by atoms with E-state index in [4.69, 9.17) is 5.26 Å². The van der Waals surface area contributed by atoms with Crippen molar-refractivity contribution in [3.8, 4) is 11.8 Å². The van der Waals surface area contributed by atoms with Crippen LogP contribution in [0.15, 0.2) is 48.5 Å². The Hall–Kier alpha value is -2.47. The maximum Gasteiger partial charge on any atom is 0.115 e. The smallest absolute Gasteiger partial charge is 0.115 e. The highest BCUT2D eigenvalue weighted by Gasteiger charge is 1.96. The molecule has 3 heteroatoms. The molecule has 2 aromatic carbocycles. The Morgan fingerprint density at radius 2 is 1.88 bits per heavy atom. The van der Waals surface area contributed by atoms with Crippen LogP contribution in [0.1, 0.15) is 11.1 Å². The van der Waals surface area contributed by atoms with Crippen molar-refractivity contribution < 1.29 is 5.11 Å². The summed E-state index contributed by atoms with van der Waals surface area (Å²) in [6, 6.07) is 16.5. The number of hydrogen-bond acceptors (Lipinski definition) is 3. The van der Waals surface area contributed by atoms with Crippen LogP contribution in [0.5, 0.6) is 5.75 Å². The van der Waals surface area contributed by atoms with E-state index < -0.39 is 0 Å². The minimum atomic E-state index is 0.268. The van der Waals surface area contributed by atoms with E-state index in [1.54, 1.807) is 24.3 Å². The van der Waals surface area contributed by atoms with Crippen LogP contribution in [0.4, 0.5) is 5.69 Å². The van der Waals surface area contributed by atoms with Gasteiger partial charge < -0.3 is 10.4 Å². The van der Waals surface area contributed by atoms with Crippen LogP contribution in [-0.2, 0) is 6.54 Å².